The van der Waals surface area contributed by atoms with E-state index in [0.717, 1.165) is 12.0 Å². The van der Waals surface area contributed by atoms with Crippen molar-refractivity contribution in [2.24, 2.45) is 0 Å². The lowest BCUT2D eigenvalue weighted by Gasteiger charge is -2.06. The summed E-state index contributed by atoms with van der Waals surface area (Å²) in [5.74, 6) is 0.342. The molecule has 1 aromatic rings. The first kappa shape index (κ1) is 10.5. The number of hydrogen-bond acceptors (Lipinski definition) is 2. The van der Waals surface area contributed by atoms with Crippen LogP contribution in [-0.4, -0.2) is 5.97 Å². The average molecular weight is 190 g/mol. The molecule has 0 aliphatic carbocycles. The number of ether oxygens (including phenoxy) is 1. The molecule has 0 N–H and O–H groups in total. The minimum Gasteiger partial charge on any atom is -0.426 e. The van der Waals surface area contributed by atoms with Crippen molar-refractivity contribution >= 4 is 5.97 Å². The van der Waals surface area contributed by atoms with E-state index in [1.165, 1.54) is 12.5 Å². The molecule has 74 valence electrons. The molecule has 0 atom stereocenters. The van der Waals surface area contributed by atoms with Crippen molar-refractivity contribution in [2.75, 3.05) is 0 Å². The number of allylic oxidation sites excluding steroid dienone is 1. The molecule has 0 aliphatic rings. The maximum Gasteiger partial charge on any atom is 0.308 e. The van der Waals surface area contributed by atoms with Gasteiger partial charge in [-0.25, -0.2) is 0 Å². The molecule has 0 saturated carbocycles. The highest BCUT2D eigenvalue weighted by Crippen LogP contribution is 2.19. The number of rotatable bonds is 3. The van der Waals surface area contributed by atoms with Crippen LogP contribution in [0.3, 0.4) is 0 Å². The van der Waals surface area contributed by atoms with E-state index < -0.39 is 0 Å². The first-order valence-electron chi connectivity index (χ1n) is 4.52. The third kappa shape index (κ3) is 2.73. The zero-order valence-electron chi connectivity index (χ0n) is 8.54. The molecular formula is C12H14O2. The zero-order valence-corrected chi connectivity index (χ0v) is 8.54. The van der Waals surface area contributed by atoms with E-state index in [2.05, 4.69) is 6.58 Å². The van der Waals surface area contributed by atoms with E-state index in [-0.39, 0.29) is 5.97 Å². The second-order valence-corrected chi connectivity index (χ2v) is 3.19. The standard InChI is InChI=1S/C12H14O2/c1-4-5-11-6-7-12(9(2)8-11)14-10(3)13/h4,6-8H,1,5H2,2-3H3. The van der Waals surface area contributed by atoms with Gasteiger partial charge in [0.1, 0.15) is 5.75 Å². The molecule has 0 aliphatic heterocycles. The molecule has 0 fully saturated rings. The number of aryl methyl sites for hydroxylation is 1. The molecule has 0 amide bonds. The van der Waals surface area contributed by atoms with E-state index >= 15 is 0 Å². The molecule has 2 nitrogen and oxygen atoms in total. The quantitative estimate of drug-likeness (QED) is 0.416. The number of carbonyl (C=O) groups is 1. The molecule has 0 radical (unpaired) electrons. The summed E-state index contributed by atoms with van der Waals surface area (Å²) in [6, 6.07) is 5.75. The maximum absolute atomic E-state index is 10.7. The normalized spacial score (nSPS) is 9.57. The molecular weight excluding hydrogens is 176 g/mol. The molecule has 0 aromatic heterocycles. The van der Waals surface area contributed by atoms with Crippen molar-refractivity contribution in [3.8, 4) is 5.75 Å². The number of carbonyl (C=O) groups excluding carboxylic acids is 1. The molecule has 1 rings (SSSR count). The van der Waals surface area contributed by atoms with Crippen molar-refractivity contribution in [1.29, 1.82) is 0 Å². The summed E-state index contributed by atoms with van der Waals surface area (Å²) in [6.45, 7) is 6.99. The average Bonchev–Trinajstić information content (AvgIpc) is 2.10. The minimum absolute atomic E-state index is 0.287. The van der Waals surface area contributed by atoms with Crippen LogP contribution in [0.5, 0.6) is 5.75 Å². The minimum atomic E-state index is -0.287. The lowest BCUT2D eigenvalue weighted by molar-refractivity contribution is -0.131. The van der Waals surface area contributed by atoms with Crippen LogP contribution in [0.4, 0.5) is 0 Å². The monoisotopic (exact) mass is 190 g/mol. The number of benzene rings is 1. The van der Waals surface area contributed by atoms with Gasteiger partial charge in [0.15, 0.2) is 0 Å². The predicted molar refractivity (Wildman–Crippen MR) is 56.4 cm³/mol. The van der Waals surface area contributed by atoms with Crippen LogP contribution < -0.4 is 4.74 Å². The van der Waals surface area contributed by atoms with Gasteiger partial charge in [0.05, 0.1) is 0 Å². The Morgan fingerprint density at radius 3 is 2.79 bits per heavy atom. The fourth-order valence-electron chi connectivity index (χ4n) is 1.27. The highest BCUT2D eigenvalue weighted by molar-refractivity contribution is 5.69. The van der Waals surface area contributed by atoms with Crippen LogP contribution in [0.15, 0.2) is 30.9 Å². The molecule has 0 unspecified atom stereocenters. The van der Waals surface area contributed by atoms with Crippen molar-refractivity contribution in [3.05, 3.63) is 42.0 Å². The summed E-state index contributed by atoms with van der Waals surface area (Å²) in [5, 5.41) is 0. The van der Waals surface area contributed by atoms with Crippen LogP contribution in [0.2, 0.25) is 0 Å². The summed E-state index contributed by atoms with van der Waals surface area (Å²) in [7, 11) is 0. The van der Waals surface area contributed by atoms with Gasteiger partial charge in [-0.15, -0.1) is 6.58 Å². The molecule has 0 saturated heterocycles. The Morgan fingerprint density at radius 2 is 2.29 bits per heavy atom. The third-order valence-electron chi connectivity index (χ3n) is 1.87. The van der Waals surface area contributed by atoms with Crippen LogP contribution >= 0.6 is 0 Å². The molecule has 1 aromatic carbocycles. The van der Waals surface area contributed by atoms with E-state index in [1.54, 1.807) is 0 Å². The Labute approximate surface area is 84.2 Å². The largest absolute Gasteiger partial charge is 0.426 e. The maximum atomic E-state index is 10.7. The summed E-state index contributed by atoms with van der Waals surface area (Å²) in [6.07, 6.45) is 2.68. The summed E-state index contributed by atoms with van der Waals surface area (Å²) >= 11 is 0. The Bertz CT molecular complexity index is 353. The third-order valence-corrected chi connectivity index (χ3v) is 1.87. The van der Waals surface area contributed by atoms with E-state index in [1.807, 2.05) is 31.2 Å². The van der Waals surface area contributed by atoms with E-state index in [4.69, 9.17) is 4.74 Å². The van der Waals surface area contributed by atoms with Gasteiger partial charge in [-0.2, -0.15) is 0 Å². The van der Waals surface area contributed by atoms with Crippen LogP contribution in [0.25, 0.3) is 0 Å². The molecule has 0 heterocycles. The smallest absolute Gasteiger partial charge is 0.308 e. The lowest BCUT2D eigenvalue weighted by atomic mass is 10.1. The highest BCUT2D eigenvalue weighted by Gasteiger charge is 2.02. The van der Waals surface area contributed by atoms with Gasteiger partial charge in [-0.3, -0.25) is 4.79 Å². The molecule has 0 spiro atoms. The SMILES string of the molecule is C=CCc1ccc(OC(C)=O)c(C)c1. The van der Waals surface area contributed by atoms with Gasteiger partial charge < -0.3 is 4.74 Å². The van der Waals surface area contributed by atoms with E-state index in [0.29, 0.717) is 5.75 Å². The Balaban J connectivity index is 2.89. The second-order valence-electron chi connectivity index (χ2n) is 3.19. The van der Waals surface area contributed by atoms with Gasteiger partial charge in [-0.1, -0.05) is 18.2 Å². The van der Waals surface area contributed by atoms with E-state index in [9.17, 15) is 4.79 Å². The van der Waals surface area contributed by atoms with Crippen LogP contribution in [0.1, 0.15) is 18.1 Å². The van der Waals surface area contributed by atoms with Crippen LogP contribution in [-0.2, 0) is 11.2 Å². The summed E-state index contributed by atoms with van der Waals surface area (Å²) in [4.78, 5) is 10.7. The topological polar surface area (TPSA) is 26.3 Å². The highest BCUT2D eigenvalue weighted by atomic mass is 16.5. The molecule has 14 heavy (non-hydrogen) atoms. The molecule has 2 heteroatoms. The summed E-state index contributed by atoms with van der Waals surface area (Å²) < 4.78 is 5.01. The van der Waals surface area contributed by atoms with Gasteiger partial charge >= 0.3 is 5.97 Å². The fourth-order valence-corrected chi connectivity index (χ4v) is 1.27. The van der Waals surface area contributed by atoms with Gasteiger partial charge in [0.2, 0.25) is 0 Å². The Kier molecular flexibility index (Phi) is 3.46. The molecule has 0 bridgehead atoms. The Hall–Kier alpha value is -1.57. The summed E-state index contributed by atoms with van der Waals surface area (Å²) in [5.41, 5.74) is 2.15. The zero-order chi connectivity index (χ0) is 10.6. The van der Waals surface area contributed by atoms with Crippen LogP contribution in [0, 0.1) is 6.92 Å². The Morgan fingerprint density at radius 1 is 1.57 bits per heavy atom. The van der Waals surface area contributed by atoms with Crippen molar-refractivity contribution < 1.29 is 9.53 Å². The predicted octanol–water partition coefficient (Wildman–Crippen LogP) is 2.65. The van der Waals surface area contributed by atoms with Gasteiger partial charge in [0, 0.05) is 6.92 Å². The van der Waals surface area contributed by atoms with Gasteiger partial charge in [-0.05, 0) is 30.5 Å². The van der Waals surface area contributed by atoms with Crippen molar-refractivity contribution in [2.45, 2.75) is 20.3 Å². The lowest BCUT2D eigenvalue weighted by Crippen LogP contribution is -2.02. The number of esters is 1. The van der Waals surface area contributed by atoms with Gasteiger partial charge in [0.25, 0.3) is 0 Å². The number of hydrogen-bond donors (Lipinski definition) is 0. The first-order valence-corrected chi connectivity index (χ1v) is 4.52. The fraction of sp³-hybridized carbons (Fsp3) is 0.250. The van der Waals surface area contributed by atoms with Crippen molar-refractivity contribution in [1.82, 2.24) is 0 Å². The first-order chi connectivity index (χ1) is 6.63. The second kappa shape index (κ2) is 4.61. The van der Waals surface area contributed by atoms with Crippen molar-refractivity contribution in [3.63, 3.8) is 0 Å².